The average molecular weight is 250 g/mol. The maximum Gasteiger partial charge on any atom is 0.188 e. The van der Waals surface area contributed by atoms with Gasteiger partial charge in [-0.05, 0) is 39.7 Å². The van der Waals surface area contributed by atoms with Gasteiger partial charge in [0, 0.05) is 18.3 Å². The number of methoxy groups -OCH3 is 2. The summed E-state index contributed by atoms with van der Waals surface area (Å²) in [6, 6.07) is 0. The highest BCUT2D eigenvalue weighted by Gasteiger charge is 2.31. The third-order valence-corrected chi connectivity index (χ3v) is 3.26. The Kier molecular flexibility index (Phi) is 4.91. The zero-order valence-corrected chi connectivity index (χ0v) is 12.1. The van der Waals surface area contributed by atoms with Crippen LogP contribution in [0.4, 0.5) is 0 Å². The summed E-state index contributed by atoms with van der Waals surface area (Å²) >= 11 is 0. The van der Waals surface area contributed by atoms with Crippen LogP contribution in [0.3, 0.4) is 0 Å². The zero-order chi connectivity index (χ0) is 13.9. The molecule has 0 aliphatic heterocycles. The van der Waals surface area contributed by atoms with E-state index in [0.29, 0.717) is 17.8 Å². The largest absolute Gasteiger partial charge is 0.498 e. The quantitative estimate of drug-likeness (QED) is 0.719. The summed E-state index contributed by atoms with van der Waals surface area (Å²) in [5.74, 6) is 0.691. The smallest absolute Gasteiger partial charge is 0.188 e. The second-order valence-electron chi connectivity index (χ2n) is 4.79. The Balaban J connectivity index is 3.18. The molecule has 0 fully saturated rings. The molecular weight excluding hydrogens is 228 g/mol. The first-order chi connectivity index (χ1) is 8.43. The van der Waals surface area contributed by atoms with E-state index in [1.165, 1.54) is 5.57 Å². The van der Waals surface area contributed by atoms with E-state index >= 15 is 0 Å². The van der Waals surface area contributed by atoms with E-state index in [0.717, 1.165) is 11.1 Å². The van der Waals surface area contributed by atoms with Crippen molar-refractivity contribution in [2.24, 2.45) is 0 Å². The summed E-state index contributed by atoms with van der Waals surface area (Å²) in [5.41, 5.74) is 3.62. The highest BCUT2D eigenvalue weighted by Crippen LogP contribution is 2.31. The second kappa shape index (κ2) is 6.01. The highest BCUT2D eigenvalue weighted by atomic mass is 16.5. The highest BCUT2D eigenvalue weighted by molar-refractivity contribution is 6.10. The van der Waals surface area contributed by atoms with Gasteiger partial charge in [0.05, 0.1) is 7.11 Å². The monoisotopic (exact) mass is 250 g/mol. The maximum absolute atomic E-state index is 12.3. The molecule has 1 aliphatic carbocycles. The molecule has 0 N–H and O–H groups in total. The minimum Gasteiger partial charge on any atom is -0.498 e. The standard InChI is InChI=1S/C15H22O3/c1-9(2)7-8-12-10(3)14(17-5)15(18-6)11(4)13(12)16/h7,14H,8H2,1-6H3. The van der Waals surface area contributed by atoms with Crippen molar-refractivity contribution in [1.29, 1.82) is 0 Å². The SMILES string of the molecule is COC1=C(C)C(=O)C(CC=C(C)C)=C(C)C1OC. The predicted octanol–water partition coefficient (Wildman–Crippen LogP) is 3.18. The predicted molar refractivity (Wildman–Crippen MR) is 72.3 cm³/mol. The molecule has 1 unspecified atom stereocenters. The van der Waals surface area contributed by atoms with Gasteiger partial charge in [-0.25, -0.2) is 0 Å². The molecule has 0 saturated heterocycles. The van der Waals surface area contributed by atoms with Crippen LogP contribution in [0.2, 0.25) is 0 Å². The van der Waals surface area contributed by atoms with Crippen LogP contribution in [0.15, 0.2) is 34.1 Å². The lowest BCUT2D eigenvalue weighted by atomic mass is 9.86. The number of carbonyl (C=O) groups is 1. The number of hydrogen-bond acceptors (Lipinski definition) is 3. The van der Waals surface area contributed by atoms with Gasteiger partial charge in [0.15, 0.2) is 5.78 Å². The second-order valence-corrected chi connectivity index (χ2v) is 4.79. The molecular formula is C15H22O3. The zero-order valence-electron chi connectivity index (χ0n) is 12.1. The summed E-state index contributed by atoms with van der Waals surface area (Å²) < 4.78 is 10.8. The molecule has 1 rings (SSSR count). The minimum absolute atomic E-state index is 0.0650. The average Bonchev–Trinajstić information content (AvgIpc) is 2.32. The number of ketones is 1. The van der Waals surface area contributed by atoms with Gasteiger partial charge in [0.2, 0.25) is 0 Å². The molecule has 0 aromatic carbocycles. The van der Waals surface area contributed by atoms with Gasteiger partial charge in [-0.15, -0.1) is 0 Å². The first-order valence-corrected chi connectivity index (χ1v) is 6.09. The van der Waals surface area contributed by atoms with E-state index in [9.17, 15) is 4.79 Å². The summed E-state index contributed by atoms with van der Waals surface area (Å²) in [7, 11) is 3.21. The Labute approximate surface area is 109 Å². The number of allylic oxidation sites excluding steroid dienone is 4. The summed E-state index contributed by atoms with van der Waals surface area (Å²) in [4.78, 5) is 12.3. The number of ether oxygens (including phenoxy) is 2. The Bertz CT molecular complexity index is 435. The normalized spacial score (nSPS) is 20.3. The fraction of sp³-hybridized carbons (Fsp3) is 0.533. The number of carbonyl (C=O) groups excluding carboxylic acids is 1. The van der Waals surface area contributed by atoms with Gasteiger partial charge < -0.3 is 9.47 Å². The lowest BCUT2D eigenvalue weighted by Gasteiger charge is -2.27. The van der Waals surface area contributed by atoms with Crippen molar-refractivity contribution in [3.63, 3.8) is 0 Å². The topological polar surface area (TPSA) is 35.5 Å². The fourth-order valence-corrected chi connectivity index (χ4v) is 2.17. The molecule has 3 heteroatoms. The van der Waals surface area contributed by atoms with Crippen molar-refractivity contribution in [3.05, 3.63) is 34.1 Å². The first-order valence-electron chi connectivity index (χ1n) is 6.09. The first kappa shape index (κ1) is 14.7. The molecule has 0 aromatic rings. The Morgan fingerprint density at radius 2 is 1.89 bits per heavy atom. The molecule has 3 nitrogen and oxygen atoms in total. The van der Waals surface area contributed by atoms with Crippen molar-refractivity contribution >= 4 is 5.78 Å². The molecule has 0 spiro atoms. The van der Waals surface area contributed by atoms with Crippen LogP contribution in [0.1, 0.15) is 34.1 Å². The molecule has 0 amide bonds. The lowest BCUT2D eigenvalue weighted by Crippen LogP contribution is -2.28. The van der Waals surface area contributed by atoms with Crippen molar-refractivity contribution in [2.45, 2.75) is 40.2 Å². The van der Waals surface area contributed by atoms with Gasteiger partial charge in [-0.2, -0.15) is 0 Å². The van der Waals surface area contributed by atoms with Gasteiger partial charge in [-0.1, -0.05) is 11.6 Å². The van der Waals surface area contributed by atoms with E-state index in [2.05, 4.69) is 6.08 Å². The van der Waals surface area contributed by atoms with Crippen LogP contribution in [-0.4, -0.2) is 26.1 Å². The van der Waals surface area contributed by atoms with Crippen molar-refractivity contribution in [3.8, 4) is 0 Å². The van der Waals surface area contributed by atoms with E-state index < -0.39 is 0 Å². The number of rotatable bonds is 4. The molecule has 0 bridgehead atoms. The number of Topliss-reactive ketones (excluding diaryl/α,β-unsaturated/α-hetero) is 1. The molecule has 18 heavy (non-hydrogen) atoms. The summed E-state index contributed by atoms with van der Waals surface area (Å²) in [6.45, 7) is 7.79. The third-order valence-electron chi connectivity index (χ3n) is 3.26. The molecule has 0 radical (unpaired) electrons. The van der Waals surface area contributed by atoms with E-state index in [1.54, 1.807) is 21.1 Å². The minimum atomic E-state index is -0.242. The van der Waals surface area contributed by atoms with E-state index in [-0.39, 0.29) is 11.9 Å². The van der Waals surface area contributed by atoms with Gasteiger partial charge in [-0.3, -0.25) is 4.79 Å². The molecule has 0 heterocycles. The fourth-order valence-electron chi connectivity index (χ4n) is 2.17. The van der Waals surface area contributed by atoms with Crippen LogP contribution < -0.4 is 0 Å². The molecule has 0 aromatic heterocycles. The summed E-state index contributed by atoms with van der Waals surface area (Å²) in [5, 5.41) is 0. The van der Waals surface area contributed by atoms with Crippen molar-refractivity contribution in [1.82, 2.24) is 0 Å². The number of hydrogen-bond donors (Lipinski definition) is 0. The van der Waals surface area contributed by atoms with Crippen LogP contribution in [0.25, 0.3) is 0 Å². The molecule has 1 atom stereocenters. The van der Waals surface area contributed by atoms with Gasteiger partial charge in [0.1, 0.15) is 11.9 Å². The van der Waals surface area contributed by atoms with Crippen LogP contribution in [0.5, 0.6) is 0 Å². The van der Waals surface area contributed by atoms with Gasteiger partial charge >= 0.3 is 0 Å². The maximum atomic E-state index is 12.3. The molecule has 100 valence electrons. The van der Waals surface area contributed by atoms with E-state index in [4.69, 9.17) is 9.47 Å². The van der Waals surface area contributed by atoms with Crippen molar-refractivity contribution in [2.75, 3.05) is 14.2 Å². The lowest BCUT2D eigenvalue weighted by molar-refractivity contribution is -0.113. The van der Waals surface area contributed by atoms with E-state index in [1.807, 2.05) is 20.8 Å². The third kappa shape index (κ3) is 2.72. The Morgan fingerprint density at radius 3 is 2.33 bits per heavy atom. The molecule has 0 saturated carbocycles. The summed E-state index contributed by atoms with van der Waals surface area (Å²) in [6.07, 6.45) is 2.48. The Hall–Kier alpha value is -1.35. The van der Waals surface area contributed by atoms with Crippen LogP contribution in [-0.2, 0) is 14.3 Å². The Morgan fingerprint density at radius 1 is 1.28 bits per heavy atom. The van der Waals surface area contributed by atoms with Gasteiger partial charge in [0.25, 0.3) is 0 Å². The van der Waals surface area contributed by atoms with Crippen LogP contribution in [0, 0.1) is 0 Å². The van der Waals surface area contributed by atoms with Crippen LogP contribution >= 0.6 is 0 Å². The van der Waals surface area contributed by atoms with Crippen molar-refractivity contribution < 1.29 is 14.3 Å². The molecule has 1 aliphatic rings.